The fraction of sp³-hybridized carbons (Fsp3) is 0.250. The Kier molecular flexibility index (Phi) is 4.31. The number of hydrogen-bond acceptors (Lipinski definition) is 4. The fourth-order valence-electron chi connectivity index (χ4n) is 1.71. The molecule has 0 bridgehead atoms. The van der Waals surface area contributed by atoms with Crippen LogP contribution in [0.15, 0.2) is 27.5 Å². The second kappa shape index (κ2) is 5.77. The molecule has 0 radical (unpaired) electrons. The van der Waals surface area contributed by atoms with E-state index in [0.29, 0.717) is 17.9 Å². The lowest BCUT2D eigenvalue weighted by Crippen LogP contribution is -2.19. The molecule has 2 heterocycles. The van der Waals surface area contributed by atoms with Crippen LogP contribution in [-0.2, 0) is 13.2 Å². The Morgan fingerprint density at radius 1 is 1.50 bits per heavy atom. The monoisotopic (exact) mass is 330 g/mol. The van der Waals surface area contributed by atoms with Gasteiger partial charge >= 0.3 is 0 Å². The average Bonchev–Trinajstić information content (AvgIpc) is 2.74. The number of halogens is 2. The standard InChI is InChI=1S/C12H12BrFN2OS/c1-16(5-8-2-11(13)18-7-8)12-9(6-17)3-10(14)4-15-12/h2-4,7,17H,5-6H2,1H3. The summed E-state index contributed by atoms with van der Waals surface area (Å²) in [6, 6.07) is 3.34. The van der Waals surface area contributed by atoms with Gasteiger partial charge in [-0.3, -0.25) is 0 Å². The second-order valence-corrected chi connectivity index (χ2v) is 6.20. The van der Waals surface area contributed by atoms with Crippen molar-refractivity contribution in [2.75, 3.05) is 11.9 Å². The summed E-state index contributed by atoms with van der Waals surface area (Å²) >= 11 is 5.02. The van der Waals surface area contributed by atoms with E-state index in [0.717, 1.165) is 15.5 Å². The van der Waals surface area contributed by atoms with Crippen LogP contribution in [0.2, 0.25) is 0 Å². The molecule has 0 aliphatic carbocycles. The Morgan fingerprint density at radius 2 is 2.28 bits per heavy atom. The van der Waals surface area contributed by atoms with E-state index in [1.807, 2.05) is 23.4 Å². The molecule has 2 aromatic heterocycles. The highest BCUT2D eigenvalue weighted by Gasteiger charge is 2.11. The van der Waals surface area contributed by atoms with Crippen LogP contribution in [0, 0.1) is 5.82 Å². The van der Waals surface area contributed by atoms with Gasteiger partial charge in [0.15, 0.2) is 0 Å². The van der Waals surface area contributed by atoms with Gasteiger partial charge in [0.05, 0.1) is 16.6 Å². The summed E-state index contributed by atoms with van der Waals surface area (Å²) in [7, 11) is 1.87. The van der Waals surface area contributed by atoms with E-state index in [1.54, 1.807) is 11.3 Å². The zero-order valence-corrected chi connectivity index (χ0v) is 12.1. The van der Waals surface area contributed by atoms with Gasteiger partial charge in [0.25, 0.3) is 0 Å². The van der Waals surface area contributed by atoms with Crippen LogP contribution < -0.4 is 4.90 Å². The molecule has 2 aromatic rings. The molecule has 0 spiro atoms. The Hall–Kier alpha value is -0.980. The van der Waals surface area contributed by atoms with Crippen LogP contribution in [-0.4, -0.2) is 17.1 Å². The highest BCUT2D eigenvalue weighted by atomic mass is 79.9. The smallest absolute Gasteiger partial charge is 0.142 e. The number of hydrogen-bond donors (Lipinski definition) is 1. The van der Waals surface area contributed by atoms with Gasteiger partial charge in [-0.15, -0.1) is 11.3 Å². The first-order valence-electron chi connectivity index (χ1n) is 5.29. The number of anilines is 1. The third kappa shape index (κ3) is 3.07. The van der Waals surface area contributed by atoms with Gasteiger partial charge in [-0.05, 0) is 39.0 Å². The molecule has 1 N–H and O–H groups in total. The molecule has 6 heteroatoms. The molecule has 0 aliphatic rings. The quantitative estimate of drug-likeness (QED) is 0.935. The van der Waals surface area contributed by atoms with Gasteiger partial charge in [-0.25, -0.2) is 9.37 Å². The van der Waals surface area contributed by atoms with E-state index in [4.69, 9.17) is 0 Å². The Bertz CT molecular complexity index is 547. The third-order valence-corrected chi connectivity index (χ3v) is 4.04. The van der Waals surface area contributed by atoms with Crippen molar-refractivity contribution in [3.63, 3.8) is 0 Å². The molecule has 96 valence electrons. The minimum absolute atomic E-state index is 0.224. The highest BCUT2D eigenvalue weighted by Crippen LogP contribution is 2.24. The summed E-state index contributed by atoms with van der Waals surface area (Å²) < 4.78 is 14.1. The van der Waals surface area contributed by atoms with Crippen LogP contribution in [0.3, 0.4) is 0 Å². The van der Waals surface area contributed by atoms with Crippen molar-refractivity contribution in [1.29, 1.82) is 0 Å². The van der Waals surface area contributed by atoms with Crippen molar-refractivity contribution in [3.8, 4) is 0 Å². The van der Waals surface area contributed by atoms with E-state index in [9.17, 15) is 9.50 Å². The molecule has 0 unspecified atom stereocenters. The van der Waals surface area contributed by atoms with Crippen LogP contribution in [0.5, 0.6) is 0 Å². The summed E-state index contributed by atoms with van der Waals surface area (Å²) in [5.41, 5.74) is 1.64. The first kappa shape index (κ1) is 13.5. The van der Waals surface area contributed by atoms with Crippen LogP contribution >= 0.6 is 27.3 Å². The van der Waals surface area contributed by atoms with Gasteiger partial charge in [0.2, 0.25) is 0 Å². The van der Waals surface area contributed by atoms with E-state index >= 15 is 0 Å². The van der Waals surface area contributed by atoms with Crippen molar-refractivity contribution >= 4 is 33.1 Å². The van der Waals surface area contributed by atoms with Gasteiger partial charge in [0, 0.05) is 19.2 Å². The number of pyridine rings is 1. The largest absolute Gasteiger partial charge is 0.392 e. The first-order chi connectivity index (χ1) is 8.60. The number of thiophene rings is 1. The lowest BCUT2D eigenvalue weighted by Gasteiger charge is -2.20. The lowest BCUT2D eigenvalue weighted by molar-refractivity contribution is 0.281. The predicted molar refractivity (Wildman–Crippen MR) is 74.2 cm³/mol. The van der Waals surface area contributed by atoms with Gasteiger partial charge < -0.3 is 10.0 Å². The number of aromatic nitrogens is 1. The molecule has 0 saturated heterocycles. The maximum atomic E-state index is 13.0. The molecule has 3 nitrogen and oxygen atoms in total. The van der Waals surface area contributed by atoms with E-state index in [2.05, 4.69) is 20.9 Å². The van der Waals surface area contributed by atoms with Crippen molar-refractivity contribution in [3.05, 3.63) is 44.4 Å². The molecule has 2 rings (SSSR count). The molecule has 0 aromatic carbocycles. The minimum atomic E-state index is -0.436. The molecule has 0 fully saturated rings. The average molecular weight is 331 g/mol. The topological polar surface area (TPSA) is 36.4 Å². The van der Waals surface area contributed by atoms with E-state index < -0.39 is 5.82 Å². The normalized spacial score (nSPS) is 10.7. The number of rotatable bonds is 4. The minimum Gasteiger partial charge on any atom is -0.392 e. The Morgan fingerprint density at radius 3 is 2.89 bits per heavy atom. The summed E-state index contributed by atoms with van der Waals surface area (Å²) in [6.45, 7) is 0.436. The lowest BCUT2D eigenvalue weighted by atomic mass is 10.2. The van der Waals surface area contributed by atoms with E-state index in [-0.39, 0.29) is 6.61 Å². The molecule has 0 atom stereocenters. The maximum absolute atomic E-state index is 13.0. The molecular weight excluding hydrogens is 319 g/mol. The van der Waals surface area contributed by atoms with Crippen LogP contribution in [0.4, 0.5) is 10.2 Å². The summed E-state index contributed by atoms with van der Waals surface area (Å²) in [6.07, 6.45) is 1.16. The van der Waals surface area contributed by atoms with Crippen molar-refractivity contribution in [2.45, 2.75) is 13.2 Å². The van der Waals surface area contributed by atoms with Crippen LogP contribution in [0.25, 0.3) is 0 Å². The number of aliphatic hydroxyl groups excluding tert-OH is 1. The van der Waals surface area contributed by atoms with Gasteiger partial charge in [0.1, 0.15) is 11.6 Å². The number of aliphatic hydroxyl groups is 1. The number of nitrogens with zero attached hydrogens (tertiary/aromatic N) is 2. The maximum Gasteiger partial charge on any atom is 0.142 e. The second-order valence-electron chi connectivity index (χ2n) is 3.91. The van der Waals surface area contributed by atoms with E-state index in [1.165, 1.54) is 6.07 Å². The zero-order valence-electron chi connectivity index (χ0n) is 9.73. The SMILES string of the molecule is CN(Cc1csc(Br)c1)c1ncc(F)cc1CO. The zero-order chi connectivity index (χ0) is 13.1. The van der Waals surface area contributed by atoms with Gasteiger partial charge in [-0.2, -0.15) is 0 Å². The highest BCUT2D eigenvalue weighted by molar-refractivity contribution is 9.11. The summed E-state index contributed by atoms with van der Waals surface area (Å²) in [5, 5.41) is 11.3. The van der Waals surface area contributed by atoms with Crippen molar-refractivity contribution in [1.82, 2.24) is 4.98 Å². The Labute approximate surface area is 117 Å². The fourth-order valence-corrected chi connectivity index (χ4v) is 2.91. The first-order valence-corrected chi connectivity index (χ1v) is 6.96. The van der Waals surface area contributed by atoms with Crippen molar-refractivity contribution < 1.29 is 9.50 Å². The predicted octanol–water partition coefficient (Wildman–Crippen LogP) is 3.17. The molecule has 0 amide bonds. The molecule has 0 aliphatic heterocycles. The molecule has 0 saturated carbocycles. The van der Waals surface area contributed by atoms with Crippen molar-refractivity contribution in [2.24, 2.45) is 0 Å². The van der Waals surface area contributed by atoms with Gasteiger partial charge in [-0.1, -0.05) is 0 Å². The molecule has 18 heavy (non-hydrogen) atoms. The Balaban J connectivity index is 2.20. The summed E-state index contributed by atoms with van der Waals surface area (Å²) in [4.78, 5) is 5.92. The molecular formula is C12H12BrFN2OS. The third-order valence-electron chi connectivity index (χ3n) is 2.48. The van der Waals surface area contributed by atoms with Crippen LogP contribution in [0.1, 0.15) is 11.1 Å². The summed E-state index contributed by atoms with van der Waals surface area (Å²) in [5.74, 6) is 0.163.